The molecule has 0 aromatic carbocycles. The van der Waals surface area contributed by atoms with Crippen LogP contribution in [0.5, 0.6) is 0 Å². The van der Waals surface area contributed by atoms with E-state index in [1.54, 1.807) is 11.1 Å². The molecule has 20 heavy (non-hydrogen) atoms. The van der Waals surface area contributed by atoms with Crippen molar-refractivity contribution in [2.24, 2.45) is 23.7 Å². The summed E-state index contributed by atoms with van der Waals surface area (Å²) < 4.78 is 0. The van der Waals surface area contributed by atoms with Gasteiger partial charge in [-0.3, -0.25) is 0 Å². The molecule has 3 aliphatic rings. The molecule has 0 amide bonds. The van der Waals surface area contributed by atoms with Crippen molar-refractivity contribution < 1.29 is 0 Å². The lowest BCUT2D eigenvalue weighted by atomic mass is 9.71. The van der Waals surface area contributed by atoms with Gasteiger partial charge in [0.25, 0.3) is 0 Å². The monoisotopic (exact) mass is 272 g/mol. The first-order chi connectivity index (χ1) is 9.72. The third kappa shape index (κ3) is 3.38. The van der Waals surface area contributed by atoms with E-state index in [2.05, 4.69) is 26.0 Å². The van der Waals surface area contributed by atoms with E-state index < -0.39 is 0 Å². The van der Waals surface area contributed by atoms with Crippen LogP contribution in [0.15, 0.2) is 23.3 Å². The van der Waals surface area contributed by atoms with Crippen LogP contribution in [0.25, 0.3) is 0 Å². The second-order valence-corrected chi connectivity index (χ2v) is 7.89. The Morgan fingerprint density at radius 2 is 1.30 bits per heavy atom. The molecule has 1 fully saturated rings. The first-order valence-electron chi connectivity index (χ1n) is 9.10. The number of hydrogen-bond donors (Lipinski definition) is 0. The SMILES string of the molecule is CC1CC=C(C2=CCC(C3CCC(C)CC3)CC2)CC1. The fraction of sp³-hybridized carbons (Fsp3) is 0.800. The van der Waals surface area contributed by atoms with Crippen molar-refractivity contribution in [2.45, 2.75) is 78.1 Å². The standard InChI is InChI=1S/C20H32/c1-15-3-7-17(8-4-15)19-11-13-20(14-12-19)18-9-5-16(2)6-10-18/h7,11,15-16,18,20H,3-6,8-10,12-14H2,1-2H3. The van der Waals surface area contributed by atoms with Crippen LogP contribution in [-0.2, 0) is 0 Å². The molecule has 0 aromatic heterocycles. The third-order valence-corrected chi connectivity index (χ3v) is 6.26. The molecule has 2 unspecified atom stereocenters. The van der Waals surface area contributed by atoms with Crippen molar-refractivity contribution in [3.8, 4) is 0 Å². The van der Waals surface area contributed by atoms with Crippen molar-refractivity contribution in [3.63, 3.8) is 0 Å². The van der Waals surface area contributed by atoms with Gasteiger partial charge in [-0.15, -0.1) is 0 Å². The maximum atomic E-state index is 2.62. The normalized spacial score (nSPS) is 39.1. The van der Waals surface area contributed by atoms with Crippen LogP contribution in [0.1, 0.15) is 78.1 Å². The van der Waals surface area contributed by atoms with Crippen LogP contribution in [-0.4, -0.2) is 0 Å². The summed E-state index contributed by atoms with van der Waals surface area (Å²) in [4.78, 5) is 0. The topological polar surface area (TPSA) is 0 Å². The molecule has 112 valence electrons. The average Bonchev–Trinajstić information content (AvgIpc) is 2.49. The first-order valence-corrected chi connectivity index (χ1v) is 9.10. The molecule has 0 N–H and O–H groups in total. The Hall–Kier alpha value is -0.520. The number of rotatable bonds is 2. The summed E-state index contributed by atoms with van der Waals surface area (Å²) in [5, 5.41) is 0. The van der Waals surface area contributed by atoms with Gasteiger partial charge < -0.3 is 0 Å². The van der Waals surface area contributed by atoms with Gasteiger partial charge in [-0.2, -0.15) is 0 Å². The Balaban J connectivity index is 1.55. The summed E-state index contributed by atoms with van der Waals surface area (Å²) in [7, 11) is 0. The van der Waals surface area contributed by atoms with Crippen LogP contribution in [0.4, 0.5) is 0 Å². The smallest absolute Gasteiger partial charge is 0.0277 e. The van der Waals surface area contributed by atoms with Gasteiger partial charge >= 0.3 is 0 Å². The van der Waals surface area contributed by atoms with Crippen LogP contribution < -0.4 is 0 Å². The van der Waals surface area contributed by atoms with Gasteiger partial charge in [0.2, 0.25) is 0 Å². The van der Waals surface area contributed by atoms with Crippen molar-refractivity contribution in [1.29, 1.82) is 0 Å². The molecule has 0 nitrogen and oxygen atoms in total. The number of hydrogen-bond acceptors (Lipinski definition) is 0. The molecule has 1 saturated carbocycles. The molecule has 2 atom stereocenters. The molecule has 0 aliphatic heterocycles. The lowest BCUT2D eigenvalue weighted by molar-refractivity contribution is 0.200. The predicted octanol–water partition coefficient (Wildman–Crippen LogP) is 6.29. The minimum atomic E-state index is 0.917. The van der Waals surface area contributed by atoms with E-state index in [-0.39, 0.29) is 0 Å². The van der Waals surface area contributed by atoms with E-state index in [1.807, 2.05) is 0 Å². The molecule has 3 rings (SSSR count). The van der Waals surface area contributed by atoms with Crippen molar-refractivity contribution in [2.75, 3.05) is 0 Å². The molecule has 0 spiro atoms. The van der Waals surface area contributed by atoms with E-state index >= 15 is 0 Å². The summed E-state index contributed by atoms with van der Waals surface area (Å²) in [6.45, 7) is 4.83. The van der Waals surface area contributed by atoms with Gasteiger partial charge in [0.1, 0.15) is 0 Å². The highest BCUT2D eigenvalue weighted by Gasteiger charge is 2.28. The highest BCUT2D eigenvalue weighted by Crippen LogP contribution is 2.41. The van der Waals surface area contributed by atoms with Gasteiger partial charge in [-0.25, -0.2) is 0 Å². The summed E-state index contributed by atoms with van der Waals surface area (Å²) in [5.74, 6) is 3.97. The molecule has 0 radical (unpaired) electrons. The van der Waals surface area contributed by atoms with E-state index in [0.29, 0.717) is 0 Å². The quantitative estimate of drug-likeness (QED) is 0.554. The maximum absolute atomic E-state index is 2.62. The third-order valence-electron chi connectivity index (χ3n) is 6.26. The van der Waals surface area contributed by atoms with Gasteiger partial charge in [0.05, 0.1) is 0 Å². The summed E-state index contributed by atoms with van der Waals surface area (Å²) in [5.41, 5.74) is 3.43. The number of allylic oxidation sites excluding steroid dienone is 4. The van der Waals surface area contributed by atoms with Crippen LogP contribution in [0.3, 0.4) is 0 Å². The molecule has 0 bridgehead atoms. The van der Waals surface area contributed by atoms with Gasteiger partial charge in [-0.05, 0) is 86.2 Å². The molecule has 0 saturated heterocycles. The average molecular weight is 272 g/mol. The van der Waals surface area contributed by atoms with Gasteiger partial charge in [0, 0.05) is 0 Å². The summed E-state index contributed by atoms with van der Waals surface area (Å²) in [6.07, 6.45) is 19.4. The highest BCUT2D eigenvalue weighted by atomic mass is 14.3. The zero-order valence-electron chi connectivity index (χ0n) is 13.5. The Labute approximate surface area is 125 Å². The fourth-order valence-corrected chi connectivity index (χ4v) is 4.59. The lowest BCUT2D eigenvalue weighted by Gasteiger charge is -2.35. The van der Waals surface area contributed by atoms with E-state index in [9.17, 15) is 0 Å². The van der Waals surface area contributed by atoms with Crippen molar-refractivity contribution in [1.82, 2.24) is 0 Å². The zero-order chi connectivity index (χ0) is 13.9. The van der Waals surface area contributed by atoms with E-state index in [4.69, 9.17) is 0 Å². The fourth-order valence-electron chi connectivity index (χ4n) is 4.59. The Bertz CT molecular complexity index is 379. The second-order valence-electron chi connectivity index (χ2n) is 7.89. The van der Waals surface area contributed by atoms with Crippen LogP contribution in [0, 0.1) is 23.7 Å². The maximum Gasteiger partial charge on any atom is -0.0277 e. The Morgan fingerprint density at radius 1 is 0.650 bits per heavy atom. The van der Waals surface area contributed by atoms with Gasteiger partial charge in [-0.1, -0.05) is 38.8 Å². The van der Waals surface area contributed by atoms with Crippen molar-refractivity contribution in [3.05, 3.63) is 23.3 Å². The van der Waals surface area contributed by atoms with E-state index in [0.717, 1.165) is 23.7 Å². The largest absolute Gasteiger partial charge is 0.0808 e. The van der Waals surface area contributed by atoms with E-state index in [1.165, 1.54) is 64.2 Å². The molecule has 0 heterocycles. The minimum absolute atomic E-state index is 0.917. The predicted molar refractivity (Wildman–Crippen MR) is 87.6 cm³/mol. The van der Waals surface area contributed by atoms with Crippen LogP contribution >= 0.6 is 0 Å². The molecular formula is C20H32. The second kappa shape index (κ2) is 6.50. The first kappa shape index (κ1) is 14.4. The lowest BCUT2D eigenvalue weighted by Crippen LogP contribution is -2.22. The van der Waals surface area contributed by atoms with Gasteiger partial charge in [0.15, 0.2) is 0 Å². The molecule has 0 aromatic rings. The Morgan fingerprint density at radius 3 is 1.85 bits per heavy atom. The molecular weight excluding hydrogens is 240 g/mol. The zero-order valence-corrected chi connectivity index (χ0v) is 13.5. The molecule has 0 heteroatoms. The highest BCUT2D eigenvalue weighted by molar-refractivity contribution is 5.33. The minimum Gasteiger partial charge on any atom is -0.0808 e. The summed E-state index contributed by atoms with van der Waals surface area (Å²) in [6, 6.07) is 0. The van der Waals surface area contributed by atoms with Crippen LogP contribution in [0.2, 0.25) is 0 Å². The summed E-state index contributed by atoms with van der Waals surface area (Å²) >= 11 is 0. The Kier molecular flexibility index (Phi) is 4.68. The van der Waals surface area contributed by atoms with Crippen molar-refractivity contribution >= 4 is 0 Å². The molecule has 3 aliphatic carbocycles.